The molecule has 118 valence electrons. The van der Waals surface area contributed by atoms with Gasteiger partial charge in [0, 0.05) is 0 Å². The second-order valence-electron chi connectivity index (χ2n) is 7.31. The Kier molecular flexibility index (Phi) is 2.59. The maximum Gasteiger partial charge on any atom is -0.00933 e. The molecule has 0 nitrogen and oxygen atoms in total. The zero-order valence-corrected chi connectivity index (χ0v) is 14.0. The summed E-state index contributed by atoms with van der Waals surface area (Å²) >= 11 is 0. The molecule has 6 rings (SSSR count). The zero-order valence-electron chi connectivity index (χ0n) is 14.0. The van der Waals surface area contributed by atoms with Crippen LogP contribution in [0.3, 0.4) is 0 Å². The van der Waals surface area contributed by atoms with E-state index in [4.69, 9.17) is 0 Å². The fourth-order valence-corrected chi connectivity index (χ4v) is 4.78. The van der Waals surface area contributed by atoms with Crippen molar-refractivity contribution in [3.8, 4) is 0 Å². The Morgan fingerprint density at radius 2 is 1.24 bits per heavy atom. The minimum atomic E-state index is 1.20. The average Bonchev–Trinajstić information content (AvgIpc) is 2.67. The Labute approximate surface area is 146 Å². The van der Waals surface area contributed by atoms with Gasteiger partial charge in [-0.3, -0.25) is 0 Å². The van der Waals surface area contributed by atoms with Gasteiger partial charge in [-0.2, -0.15) is 0 Å². The highest BCUT2D eigenvalue weighted by atomic mass is 14.2. The molecule has 1 aliphatic carbocycles. The van der Waals surface area contributed by atoms with Gasteiger partial charge in [0.15, 0.2) is 0 Å². The average molecular weight is 318 g/mol. The third-order valence-electron chi connectivity index (χ3n) is 5.89. The molecule has 0 amide bonds. The van der Waals surface area contributed by atoms with Crippen molar-refractivity contribution in [1.82, 2.24) is 0 Å². The Morgan fingerprint density at radius 1 is 0.520 bits per heavy atom. The first-order chi connectivity index (χ1) is 12.4. The van der Waals surface area contributed by atoms with E-state index in [0.717, 1.165) is 0 Å². The molecule has 5 aromatic rings. The molecular formula is C25H18. The summed E-state index contributed by atoms with van der Waals surface area (Å²) in [4.78, 5) is 0. The first kappa shape index (κ1) is 13.4. The van der Waals surface area contributed by atoms with Crippen LogP contribution in [0, 0.1) is 0 Å². The highest BCUT2D eigenvalue weighted by Gasteiger charge is 2.18. The number of hydrogen-bond donors (Lipinski definition) is 0. The van der Waals surface area contributed by atoms with Crippen LogP contribution >= 0.6 is 0 Å². The summed E-state index contributed by atoms with van der Waals surface area (Å²) in [6.45, 7) is 0. The van der Waals surface area contributed by atoms with Crippen molar-refractivity contribution in [3.05, 3.63) is 83.9 Å². The molecule has 0 N–H and O–H groups in total. The molecule has 25 heavy (non-hydrogen) atoms. The zero-order chi connectivity index (χ0) is 16.4. The monoisotopic (exact) mass is 318 g/mol. The smallest absolute Gasteiger partial charge is 0.00933 e. The van der Waals surface area contributed by atoms with E-state index in [9.17, 15) is 0 Å². The Hall–Kier alpha value is -2.86. The molecule has 5 aromatic carbocycles. The van der Waals surface area contributed by atoms with E-state index in [1.807, 2.05) is 0 Å². The molecule has 0 heteroatoms. The maximum absolute atomic E-state index is 2.45. The van der Waals surface area contributed by atoms with Gasteiger partial charge in [-0.1, -0.05) is 54.6 Å². The summed E-state index contributed by atoms with van der Waals surface area (Å²) in [5, 5.41) is 11.2. The molecule has 0 saturated carbocycles. The van der Waals surface area contributed by atoms with Crippen molar-refractivity contribution in [2.24, 2.45) is 0 Å². The van der Waals surface area contributed by atoms with Gasteiger partial charge in [0.2, 0.25) is 0 Å². The maximum atomic E-state index is 2.45. The Balaban J connectivity index is 1.90. The molecule has 0 atom stereocenters. The molecule has 0 fully saturated rings. The fraction of sp³-hybridized carbons (Fsp3) is 0.120. The molecule has 0 unspecified atom stereocenters. The molecule has 0 radical (unpaired) electrons. The molecule has 0 saturated heterocycles. The number of rotatable bonds is 0. The van der Waals surface area contributed by atoms with Crippen molar-refractivity contribution in [3.63, 3.8) is 0 Å². The predicted molar refractivity (Wildman–Crippen MR) is 108 cm³/mol. The van der Waals surface area contributed by atoms with Crippen LogP contribution in [0.2, 0.25) is 0 Å². The third kappa shape index (κ3) is 1.83. The first-order valence-electron chi connectivity index (χ1n) is 9.17. The molecule has 0 bridgehead atoms. The lowest BCUT2D eigenvalue weighted by Crippen LogP contribution is -2.02. The fourth-order valence-electron chi connectivity index (χ4n) is 4.78. The Morgan fingerprint density at radius 3 is 2.12 bits per heavy atom. The summed E-state index contributed by atoms with van der Waals surface area (Å²) in [6, 6.07) is 27.2. The number of fused-ring (bicyclic) bond motifs is 5. The summed E-state index contributed by atoms with van der Waals surface area (Å²) in [5.41, 5.74) is 3.09. The lowest BCUT2D eigenvalue weighted by molar-refractivity contribution is 0.814. The standard InChI is InChI=1S/C25H18/c1-2-7-17-14-23-20(12-16(17)6-1)13-19-9-5-11-22-21-10-4-3-8-18(21)15-24(23)25(19)22/h1-4,6-8,10,12-15H,5,9,11H2. The SMILES string of the molecule is c1ccc2cc3c(cc4c5c(c6ccccc6cc53)CCC4)cc2c1. The van der Waals surface area contributed by atoms with Gasteiger partial charge >= 0.3 is 0 Å². The van der Waals surface area contributed by atoms with E-state index in [-0.39, 0.29) is 0 Å². The highest BCUT2D eigenvalue weighted by molar-refractivity contribution is 6.18. The summed E-state index contributed by atoms with van der Waals surface area (Å²) in [5.74, 6) is 0. The van der Waals surface area contributed by atoms with Gasteiger partial charge < -0.3 is 0 Å². The topological polar surface area (TPSA) is 0 Å². The minimum absolute atomic E-state index is 1.20. The van der Waals surface area contributed by atoms with Crippen LogP contribution in [0.1, 0.15) is 17.5 Å². The number of aryl methyl sites for hydroxylation is 2. The van der Waals surface area contributed by atoms with E-state index in [1.54, 1.807) is 5.56 Å². The van der Waals surface area contributed by atoms with Crippen LogP contribution in [-0.4, -0.2) is 0 Å². The molecule has 1 aliphatic rings. The highest BCUT2D eigenvalue weighted by Crippen LogP contribution is 2.40. The van der Waals surface area contributed by atoms with Crippen molar-refractivity contribution >= 4 is 43.1 Å². The van der Waals surface area contributed by atoms with Crippen LogP contribution in [-0.2, 0) is 12.8 Å². The van der Waals surface area contributed by atoms with Crippen LogP contribution in [0.4, 0.5) is 0 Å². The van der Waals surface area contributed by atoms with E-state index >= 15 is 0 Å². The molecule has 0 aliphatic heterocycles. The van der Waals surface area contributed by atoms with Gasteiger partial charge in [0.1, 0.15) is 0 Å². The lowest BCUT2D eigenvalue weighted by Gasteiger charge is -2.21. The normalized spacial score (nSPS) is 13.9. The van der Waals surface area contributed by atoms with Gasteiger partial charge in [0.05, 0.1) is 0 Å². The van der Waals surface area contributed by atoms with Crippen LogP contribution < -0.4 is 0 Å². The van der Waals surface area contributed by atoms with E-state index in [1.165, 1.54) is 67.9 Å². The number of hydrogen-bond acceptors (Lipinski definition) is 0. The number of benzene rings is 5. The van der Waals surface area contributed by atoms with Gasteiger partial charge in [0.25, 0.3) is 0 Å². The van der Waals surface area contributed by atoms with Crippen molar-refractivity contribution in [1.29, 1.82) is 0 Å². The summed E-state index contributed by atoms with van der Waals surface area (Å²) in [7, 11) is 0. The summed E-state index contributed by atoms with van der Waals surface area (Å²) in [6.07, 6.45) is 3.66. The molecule has 0 aromatic heterocycles. The largest absolute Gasteiger partial charge is 0.0616 e. The first-order valence-corrected chi connectivity index (χ1v) is 9.17. The minimum Gasteiger partial charge on any atom is -0.0616 e. The predicted octanol–water partition coefficient (Wildman–Crippen LogP) is 6.79. The third-order valence-corrected chi connectivity index (χ3v) is 5.89. The van der Waals surface area contributed by atoms with Crippen LogP contribution in [0.15, 0.2) is 72.8 Å². The van der Waals surface area contributed by atoms with Crippen LogP contribution in [0.5, 0.6) is 0 Å². The second kappa shape index (κ2) is 4.83. The molecule has 0 spiro atoms. The van der Waals surface area contributed by atoms with Gasteiger partial charge in [-0.05, 0) is 91.7 Å². The van der Waals surface area contributed by atoms with Gasteiger partial charge in [-0.15, -0.1) is 0 Å². The second-order valence-corrected chi connectivity index (χ2v) is 7.31. The molecule has 0 heterocycles. The lowest BCUT2D eigenvalue weighted by atomic mass is 9.83. The van der Waals surface area contributed by atoms with E-state index in [2.05, 4.69) is 72.8 Å². The van der Waals surface area contributed by atoms with Crippen LogP contribution in [0.25, 0.3) is 43.1 Å². The Bertz CT molecular complexity index is 1310. The van der Waals surface area contributed by atoms with E-state index < -0.39 is 0 Å². The van der Waals surface area contributed by atoms with Crippen molar-refractivity contribution in [2.45, 2.75) is 19.3 Å². The van der Waals surface area contributed by atoms with Gasteiger partial charge in [-0.25, -0.2) is 0 Å². The van der Waals surface area contributed by atoms with Crippen molar-refractivity contribution < 1.29 is 0 Å². The summed E-state index contributed by atoms with van der Waals surface area (Å²) < 4.78 is 0. The van der Waals surface area contributed by atoms with Crippen molar-refractivity contribution in [2.75, 3.05) is 0 Å². The molecular weight excluding hydrogens is 300 g/mol. The quantitative estimate of drug-likeness (QED) is 0.218. The van der Waals surface area contributed by atoms with E-state index in [0.29, 0.717) is 0 Å².